The highest BCUT2D eigenvalue weighted by atomic mass is 32.1. The summed E-state index contributed by atoms with van der Waals surface area (Å²) < 4.78 is 19.9. The number of anilines is 2. The molecule has 0 aromatic carbocycles. The van der Waals surface area contributed by atoms with Gasteiger partial charge >= 0.3 is 0 Å². The minimum Gasteiger partial charge on any atom is -0.378 e. The number of nitrogens with zero attached hydrogens (tertiary/aromatic N) is 5. The number of alkyl halides is 1. The van der Waals surface area contributed by atoms with E-state index in [0.29, 0.717) is 25.0 Å². The third-order valence-electron chi connectivity index (χ3n) is 6.64. The van der Waals surface area contributed by atoms with Crippen molar-refractivity contribution in [1.29, 1.82) is 0 Å². The van der Waals surface area contributed by atoms with Gasteiger partial charge < -0.3 is 19.9 Å². The van der Waals surface area contributed by atoms with Crippen LogP contribution in [0.5, 0.6) is 0 Å². The zero-order valence-electron chi connectivity index (χ0n) is 17.9. The van der Waals surface area contributed by atoms with Gasteiger partial charge in [-0.05, 0) is 31.4 Å². The highest BCUT2D eigenvalue weighted by Crippen LogP contribution is 2.33. The largest absolute Gasteiger partial charge is 0.378 e. The molecule has 1 atom stereocenters. The summed E-state index contributed by atoms with van der Waals surface area (Å²) in [6, 6.07) is 7.28. The van der Waals surface area contributed by atoms with Gasteiger partial charge in [0.25, 0.3) is 0 Å². The summed E-state index contributed by atoms with van der Waals surface area (Å²) >= 11 is 1.67. The molecule has 3 fully saturated rings. The molecule has 6 heterocycles. The average molecular weight is 455 g/mol. The Labute approximate surface area is 190 Å². The number of nitrogens with one attached hydrogen (secondary N) is 1. The van der Waals surface area contributed by atoms with Crippen molar-refractivity contribution < 1.29 is 9.13 Å². The number of hydrogen-bond acceptors (Lipinski definition) is 8. The normalized spacial score (nSPS) is 22.6. The van der Waals surface area contributed by atoms with E-state index in [1.54, 1.807) is 11.3 Å². The Morgan fingerprint density at radius 2 is 1.78 bits per heavy atom. The third-order valence-corrected chi connectivity index (χ3v) is 7.71. The molecule has 0 radical (unpaired) electrons. The van der Waals surface area contributed by atoms with Crippen LogP contribution in [0.15, 0.2) is 30.6 Å². The van der Waals surface area contributed by atoms with E-state index in [1.807, 2.05) is 29.4 Å². The van der Waals surface area contributed by atoms with Crippen molar-refractivity contribution in [3.8, 4) is 10.6 Å². The summed E-state index contributed by atoms with van der Waals surface area (Å²) in [4.78, 5) is 18.4. The van der Waals surface area contributed by atoms with E-state index in [2.05, 4.69) is 21.3 Å². The van der Waals surface area contributed by atoms with Gasteiger partial charge in [0.2, 0.25) is 0 Å². The molecule has 0 spiro atoms. The first-order valence-electron chi connectivity index (χ1n) is 11.4. The lowest BCUT2D eigenvalue weighted by atomic mass is 10.0. The number of piperidine rings is 1. The quantitative estimate of drug-likeness (QED) is 0.635. The van der Waals surface area contributed by atoms with Gasteiger partial charge in [-0.1, -0.05) is 0 Å². The molecule has 1 unspecified atom stereocenters. The zero-order valence-corrected chi connectivity index (χ0v) is 18.7. The number of rotatable bonds is 5. The van der Waals surface area contributed by atoms with Crippen LogP contribution in [0.3, 0.4) is 0 Å². The Morgan fingerprint density at radius 1 is 0.969 bits per heavy atom. The Morgan fingerprint density at radius 3 is 2.47 bits per heavy atom. The lowest BCUT2D eigenvalue weighted by Gasteiger charge is -2.37. The molecule has 6 rings (SSSR count). The molecular weight excluding hydrogens is 427 g/mol. The van der Waals surface area contributed by atoms with Gasteiger partial charge in [-0.15, -0.1) is 11.3 Å². The van der Waals surface area contributed by atoms with Crippen LogP contribution in [-0.4, -0.2) is 72.6 Å². The van der Waals surface area contributed by atoms with E-state index in [0.717, 1.165) is 78.1 Å². The van der Waals surface area contributed by atoms with E-state index >= 15 is 0 Å². The molecule has 0 aliphatic carbocycles. The summed E-state index contributed by atoms with van der Waals surface area (Å²) in [6.07, 6.45) is 5.82. The minimum absolute atomic E-state index is 0.435. The molecule has 3 saturated heterocycles. The van der Waals surface area contributed by atoms with Crippen molar-refractivity contribution in [2.45, 2.75) is 37.5 Å². The first kappa shape index (κ1) is 20.3. The van der Waals surface area contributed by atoms with E-state index < -0.39 is 6.17 Å². The smallest absolute Gasteiger partial charge is 0.130 e. The molecule has 1 N–H and O–H groups in total. The first-order chi connectivity index (χ1) is 15.7. The van der Waals surface area contributed by atoms with Crippen molar-refractivity contribution in [3.05, 3.63) is 30.6 Å². The van der Waals surface area contributed by atoms with Crippen molar-refractivity contribution in [2.24, 2.45) is 0 Å². The van der Waals surface area contributed by atoms with Gasteiger partial charge in [0.1, 0.15) is 28.3 Å². The summed E-state index contributed by atoms with van der Waals surface area (Å²) in [5.74, 6) is 1.86. The fourth-order valence-corrected chi connectivity index (χ4v) is 5.64. The fourth-order valence-electron chi connectivity index (χ4n) is 4.68. The summed E-state index contributed by atoms with van der Waals surface area (Å²) in [6.45, 7) is 4.88. The van der Waals surface area contributed by atoms with E-state index in [4.69, 9.17) is 14.7 Å². The molecule has 7 nitrogen and oxygen atoms in total. The molecule has 0 saturated carbocycles. The molecule has 0 amide bonds. The highest BCUT2D eigenvalue weighted by molar-refractivity contribution is 7.21. The van der Waals surface area contributed by atoms with Crippen LogP contribution in [0.25, 0.3) is 20.8 Å². The molecule has 32 heavy (non-hydrogen) atoms. The number of fused-ring (bicyclic) bond motifs is 1. The van der Waals surface area contributed by atoms with Crippen LogP contribution in [0.2, 0.25) is 0 Å². The van der Waals surface area contributed by atoms with Crippen LogP contribution in [0.1, 0.15) is 19.3 Å². The van der Waals surface area contributed by atoms with Gasteiger partial charge in [0, 0.05) is 43.5 Å². The predicted octanol–water partition coefficient (Wildman–Crippen LogP) is 3.26. The molecule has 168 valence electrons. The van der Waals surface area contributed by atoms with E-state index in [1.165, 1.54) is 0 Å². The number of halogens is 1. The molecule has 3 aromatic rings. The van der Waals surface area contributed by atoms with Crippen molar-refractivity contribution in [2.75, 3.05) is 49.2 Å². The SMILES string of the molecule is FC1CCN(c2ccc(-c3nc4cnc(N5CCC(NC6COC6)CC5)cc4s3)cn2)C1. The van der Waals surface area contributed by atoms with Crippen LogP contribution in [0.4, 0.5) is 16.0 Å². The van der Waals surface area contributed by atoms with Crippen molar-refractivity contribution in [1.82, 2.24) is 20.3 Å². The Balaban J connectivity index is 1.14. The van der Waals surface area contributed by atoms with Gasteiger partial charge in [-0.2, -0.15) is 0 Å². The summed E-state index contributed by atoms with van der Waals surface area (Å²) in [7, 11) is 0. The number of ether oxygens (including phenoxy) is 1. The average Bonchev–Trinajstić information content (AvgIpc) is 3.42. The summed E-state index contributed by atoms with van der Waals surface area (Å²) in [5, 5.41) is 4.63. The van der Waals surface area contributed by atoms with E-state index in [9.17, 15) is 4.39 Å². The second-order valence-electron chi connectivity index (χ2n) is 8.93. The van der Waals surface area contributed by atoms with E-state index in [-0.39, 0.29) is 0 Å². The van der Waals surface area contributed by atoms with Crippen LogP contribution in [-0.2, 0) is 4.74 Å². The van der Waals surface area contributed by atoms with Gasteiger partial charge in [-0.3, -0.25) is 0 Å². The molecule has 3 aromatic heterocycles. The van der Waals surface area contributed by atoms with Gasteiger partial charge in [0.05, 0.1) is 36.7 Å². The molecule has 3 aliphatic rings. The fraction of sp³-hybridized carbons (Fsp3) is 0.522. The zero-order chi connectivity index (χ0) is 21.5. The monoisotopic (exact) mass is 454 g/mol. The van der Waals surface area contributed by atoms with Crippen LogP contribution in [0, 0.1) is 0 Å². The van der Waals surface area contributed by atoms with Gasteiger partial charge in [-0.25, -0.2) is 19.3 Å². The van der Waals surface area contributed by atoms with Gasteiger partial charge in [0.15, 0.2) is 0 Å². The van der Waals surface area contributed by atoms with Crippen LogP contribution >= 0.6 is 11.3 Å². The number of pyridine rings is 2. The first-order valence-corrected chi connectivity index (χ1v) is 12.2. The Hall–Kier alpha value is -2.36. The van der Waals surface area contributed by atoms with Crippen LogP contribution < -0.4 is 15.1 Å². The molecule has 9 heteroatoms. The standard InChI is InChI=1S/C23H27FN6OS/c24-16-3-6-30(12-16)21-2-1-15(10-25-21)23-28-19-11-26-22(9-20(19)32-23)29-7-4-17(5-8-29)27-18-13-31-14-18/h1-2,9-11,16-18,27H,3-8,12-14H2. The maximum Gasteiger partial charge on any atom is 0.130 e. The second-order valence-corrected chi connectivity index (χ2v) is 9.96. The molecular formula is C23H27FN6OS. The maximum absolute atomic E-state index is 13.5. The predicted molar refractivity (Wildman–Crippen MR) is 125 cm³/mol. The topological polar surface area (TPSA) is 66.4 Å². The molecule has 0 bridgehead atoms. The number of aromatic nitrogens is 3. The summed E-state index contributed by atoms with van der Waals surface area (Å²) in [5.41, 5.74) is 1.90. The lowest BCUT2D eigenvalue weighted by molar-refractivity contribution is -0.0111. The number of hydrogen-bond donors (Lipinski definition) is 1. The minimum atomic E-state index is -0.748. The number of thiazole rings is 1. The Kier molecular flexibility index (Phi) is 5.40. The van der Waals surface area contributed by atoms with Crippen molar-refractivity contribution >= 4 is 33.2 Å². The van der Waals surface area contributed by atoms with Crippen molar-refractivity contribution in [3.63, 3.8) is 0 Å². The third kappa shape index (κ3) is 4.04. The maximum atomic E-state index is 13.5. The Bertz CT molecular complexity index is 1080. The highest BCUT2D eigenvalue weighted by Gasteiger charge is 2.26. The second kappa shape index (κ2) is 8.53. The molecule has 3 aliphatic heterocycles. The lowest BCUT2D eigenvalue weighted by Crippen LogP contribution is -2.53.